The Kier molecular flexibility index (Phi) is 7.35. The SMILES string of the molecule is CC1(C)c2ccccc2-c2c(-c3nc(-c4ccc(-c5ccc6cccnc6c5)cc4)nc(-c4cccc(-c5cccc6sc7ccccc7c56)c4)n3)cccc21. The number of hydrogen-bond donors (Lipinski definition) is 0. The maximum atomic E-state index is 5.30. The summed E-state index contributed by atoms with van der Waals surface area (Å²) in [4.78, 5) is 20.4. The summed E-state index contributed by atoms with van der Waals surface area (Å²) < 4.78 is 2.57. The highest BCUT2D eigenvalue weighted by Gasteiger charge is 2.37. The van der Waals surface area contributed by atoms with E-state index in [1.807, 2.05) is 23.6 Å². The second-order valence-corrected chi connectivity index (χ2v) is 16.1. The van der Waals surface area contributed by atoms with E-state index in [9.17, 15) is 0 Å². The van der Waals surface area contributed by atoms with Crippen LogP contribution in [0, 0.1) is 0 Å². The van der Waals surface area contributed by atoms with Crippen LogP contribution in [0.25, 0.3) is 98.6 Å². The standard InChI is InChI=1S/C51H34N4S/c1-51(2)41-18-5-3-14-38(41)46-40(17-8-19-42(46)51)50-54-48(33-25-22-31(23-26-33)34-27-24-32-13-10-28-52-43(32)30-34)53-49(55-50)36-12-7-11-35(29-36)37-16-9-21-45-47(37)39-15-4-6-20-44(39)56-45/h3-30H,1-2H3. The average molecular weight is 735 g/mol. The van der Waals surface area contributed by atoms with E-state index < -0.39 is 0 Å². The molecule has 0 amide bonds. The van der Waals surface area contributed by atoms with Crippen LogP contribution in [-0.4, -0.2) is 19.9 Å². The Morgan fingerprint density at radius 2 is 1.11 bits per heavy atom. The molecule has 0 saturated heterocycles. The Balaban J connectivity index is 1.08. The van der Waals surface area contributed by atoms with Gasteiger partial charge in [0, 0.05) is 53.9 Å². The van der Waals surface area contributed by atoms with Crippen molar-refractivity contribution < 1.29 is 0 Å². The molecule has 4 nitrogen and oxygen atoms in total. The molecule has 0 unspecified atom stereocenters. The fraction of sp³-hybridized carbons (Fsp3) is 0.0588. The Morgan fingerprint density at radius 1 is 0.446 bits per heavy atom. The summed E-state index contributed by atoms with van der Waals surface area (Å²) in [5.74, 6) is 1.94. The van der Waals surface area contributed by atoms with Gasteiger partial charge in [-0.05, 0) is 74.8 Å². The zero-order valence-corrected chi connectivity index (χ0v) is 31.7. The molecule has 264 valence electrons. The van der Waals surface area contributed by atoms with Crippen LogP contribution in [0.4, 0.5) is 0 Å². The van der Waals surface area contributed by atoms with Crippen LogP contribution < -0.4 is 0 Å². The monoisotopic (exact) mass is 734 g/mol. The number of nitrogens with zero attached hydrogens (tertiary/aromatic N) is 4. The number of rotatable bonds is 5. The number of fused-ring (bicyclic) bond motifs is 7. The van der Waals surface area contributed by atoms with Gasteiger partial charge in [0.15, 0.2) is 17.5 Å². The summed E-state index contributed by atoms with van der Waals surface area (Å²) in [7, 11) is 0. The van der Waals surface area contributed by atoms with Crippen molar-refractivity contribution in [3.05, 3.63) is 181 Å². The zero-order chi connectivity index (χ0) is 37.4. The van der Waals surface area contributed by atoms with Crippen molar-refractivity contribution in [1.82, 2.24) is 19.9 Å². The van der Waals surface area contributed by atoms with Gasteiger partial charge in [-0.1, -0.05) is 147 Å². The Hall–Kier alpha value is -6.82. The van der Waals surface area contributed by atoms with Gasteiger partial charge in [-0.15, -0.1) is 11.3 Å². The third kappa shape index (κ3) is 5.19. The van der Waals surface area contributed by atoms with Crippen LogP contribution in [0.1, 0.15) is 25.0 Å². The first-order valence-electron chi connectivity index (χ1n) is 19.0. The molecule has 1 aliphatic rings. The lowest BCUT2D eigenvalue weighted by atomic mass is 9.82. The van der Waals surface area contributed by atoms with Gasteiger partial charge in [0.1, 0.15) is 0 Å². The van der Waals surface area contributed by atoms with Gasteiger partial charge in [-0.25, -0.2) is 15.0 Å². The van der Waals surface area contributed by atoms with E-state index in [-0.39, 0.29) is 5.41 Å². The fourth-order valence-electron chi connectivity index (χ4n) is 8.59. The molecule has 3 aromatic heterocycles. The van der Waals surface area contributed by atoms with Crippen LogP contribution in [0.15, 0.2) is 170 Å². The van der Waals surface area contributed by atoms with E-state index >= 15 is 0 Å². The van der Waals surface area contributed by atoms with E-state index in [4.69, 9.17) is 15.0 Å². The van der Waals surface area contributed by atoms with Crippen molar-refractivity contribution in [2.45, 2.75) is 19.3 Å². The van der Waals surface area contributed by atoms with E-state index in [1.54, 1.807) is 0 Å². The first-order chi connectivity index (χ1) is 27.5. The zero-order valence-electron chi connectivity index (χ0n) is 30.9. The Labute approximate surface area is 328 Å². The maximum Gasteiger partial charge on any atom is 0.164 e. The molecule has 56 heavy (non-hydrogen) atoms. The lowest BCUT2D eigenvalue weighted by Crippen LogP contribution is -2.14. The van der Waals surface area contributed by atoms with Gasteiger partial charge < -0.3 is 0 Å². The molecule has 0 fully saturated rings. The van der Waals surface area contributed by atoms with Gasteiger partial charge in [-0.3, -0.25) is 4.98 Å². The van der Waals surface area contributed by atoms with Gasteiger partial charge >= 0.3 is 0 Å². The summed E-state index contributed by atoms with van der Waals surface area (Å²) in [6.07, 6.45) is 1.84. The molecular formula is C51H34N4S. The summed E-state index contributed by atoms with van der Waals surface area (Å²) in [6, 6.07) is 58.3. The van der Waals surface area contributed by atoms with E-state index in [0.29, 0.717) is 17.5 Å². The van der Waals surface area contributed by atoms with E-state index in [2.05, 4.69) is 177 Å². The Bertz CT molecular complexity index is 3180. The van der Waals surface area contributed by atoms with Crippen molar-refractivity contribution in [1.29, 1.82) is 0 Å². The van der Waals surface area contributed by atoms with Crippen molar-refractivity contribution >= 4 is 42.4 Å². The van der Waals surface area contributed by atoms with Gasteiger partial charge in [0.25, 0.3) is 0 Å². The van der Waals surface area contributed by atoms with E-state index in [1.165, 1.54) is 48.0 Å². The third-order valence-corrected chi connectivity index (χ3v) is 12.5. The average Bonchev–Trinajstić information content (AvgIpc) is 3.75. The molecule has 1 aliphatic carbocycles. The maximum absolute atomic E-state index is 5.30. The number of thiophene rings is 1. The normalized spacial score (nSPS) is 13.0. The third-order valence-electron chi connectivity index (χ3n) is 11.4. The number of hydrogen-bond acceptors (Lipinski definition) is 5. The second-order valence-electron chi connectivity index (χ2n) is 15.1. The molecule has 7 aromatic carbocycles. The molecule has 0 spiro atoms. The first kappa shape index (κ1) is 32.6. The number of aromatic nitrogens is 4. The van der Waals surface area contributed by atoms with Gasteiger partial charge in [0.2, 0.25) is 0 Å². The smallest absolute Gasteiger partial charge is 0.164 e. The summed E-state index contributed by atoms with van der Waals surface area (Å²) in [6.45, 7) is 4.61. The summed E-state index contributed by atoms with van der Waals surface area (Å²) >= 11 is 1.84. The number of pyridine rings is 1. The lowest BCUT2D eigenvalue weighted by Gasteiger charge is -2.21. The molecule has 10 aromatic rings. The second kappa shape index (κ2) is 12.6. The van der Waals surface area contributed by atoms with Crippen molar-refractivity contribution in [2.75, 3.05) is 0 Å². The van der Waals surface area contributed by atoms with Crippen molar-refractivity contribution in [3.8, 4) is 67.5 Å². The first-order valence-corrected chi connectivity index (χ1v) is 19.8. The highest BCUT2D eigenvalue weighted by Crippen LogP contribution is 2.51. The molecule has 0 radical (unpaired) electrons. The highest BCUT2D eigenvalue weighted by atomic mass is 32.1. The van der Waals surface area contributed by atoms with Crippen LogP contribution in [0.5, 0.6) is 0 Å². The van der Waals surface area contributed by atoms with Crippen molar-refractivity contribution in [3.63, 3.8) is 0 Å². The lowest BCUT2D eigenvalue weighted by molar-refractivity contribution is 0.660. The van der Waals surface area contributed by atoms with E-state index in [0.717, 1.165) is 44.3 Å². The fourth-order valence-corrected chi connectivity index (χ4v) is 9.73. The minimum absolute atomic E-state index is 0.143. The quantitative estimate of drug-likeness (QED) is 0.177. The molecule has 0 aliphatic heterocycles. The van der Waals surface area contributed by atoms with Gasteiger partial charge in [-0.2, -0.15) is 0 Å². The highest BCUT2D eigenvalue weighted by molar-refractivity contribution is 7.25. The van der Waals surface area contributed by atoms with Crippen LogP contribution >= 0.6 is 11.3 Å². The molecule has 0 bridgehead atoms. The largest absolute Gasteiger partial charge is 0.256 e. The molecular weight excluding hydrogens is 701 g/mol. The molecule has 0 saturated carbocycles. The molecule has 0 N–H and O–H groups in total. The van der Waals surface area contributed by atoms with Crippen LogP contribution in [-0.2, 0) is 5.41 Å². The minimum atomic E-state index is -0.143. The topological polar surface area (TPSA) is 51.6 Å². The minimum Gasteiger partial charge on any atom is -0.256 e. The summed E-state index contributed by atoms with van der Waals surface area (Å²) in [5.41, 5.74) is 13.3. The predicted octanol–water partition coefficient (Wildman–Crippen LogP) is 13.4. The Morgan fingerprint density at radius 3 is 2.02 bits per heavy atom. The molecule has 5 heteroatoms. The molecule has 3 heterocycles. The molecule has 0 atom stereocenters. The van der Waals surface area contributed by atoms with Crippen LogP contribution in [0.2, 0.25) is 0 Å². The van der Waals surface area contributed by atoms with Gasteiger partial charge in [0.05, 0.1) is 5.52 Å². The van der Waals surface area contributed by atoms with Crippen LogP contribution in [0.3, 0.4) is 0 Å². The predicted molar refractivity (Wildman–Crippen MR) is 233 cm³/mol. The number of benzene rings is 7. The summed E-state index contributed by atoms with van der Waals surface area (Å²) in [5, 5.41) is 3.69. The van der Waals surface area contributed by atoms with Crippen molar-refractivity contribution in [2.24, 2.45) is 0 Å². The molecule has 11 rings (SSSR count).